The molecule has 0 amide bonds. The average molecular weight is 338 g/mol. The van der Waals surface area contributed by atoms with E-state index in [1.165, 1.54) is 0 Å². The number of rotatable bonds is 7. The molecule has 0 spiro atoms. The van der Waals surface area contributed by atoms with Crippen molar-refractivity contribution >= 4 is 0 Å². The Balaban J connectivity index is 1.83. The molecule has 0 aromatic heterocycles. The Hall–Kier alpha value is -1.01. The minimum absolute atomic E-state index is 0.103. The van der Waals surface area contributed by atoms with Gasteiger partial charge in [-0.15, -0.1) is 0 Å². The third-order valence-corrected chi connectivity index (χ3v) is 4.86. The summed E-state index contributed by atoms with van der Waals surface area (Å²) in [5.74, 6) is -0.103. The molecule has 0 aliphatic carbocycles. The van der Waals surface area contributed by atoms with E-state index in [1.807, 2.05) is 26.0 Å². The van der Waals surface area contributed by atoms with E-state index < -0.39 is 6.10 Å². The number of nitrogens with zero attached hydrogens (tertiary/aromatic N) is 1. The maximum Gasteiger partial charge on any atom is 0.129 e. The van der Waals surface area contributed by atoms with Crippen LogP contribution in [0.15, 0.2) is 12.1 Å². The van der Waals surface area contributed by atoms with Gasteiger partial charge in [0, 0.05) is 25.7 Å². The summed E-state index contributed by atoms with van der Waals surface area (Å²) in [6, 6.07) is 4.55. The van der Waals surface area contributed by atoms with E-state index in [0.717, 1.165) is 31.5 Å². The number of hydrogen-bond donors (Lipinski definition) is 2. The summed E-state index contributed by atoms with van der Waals surface area (Å²) in [5.41, 5.74) is 2.56. The Morgan fingerprint density at radius 1 is 1.29 bits per heavy atom. The molecule has 136 valence electrons. The highest BCUT2D eigenvalue weighted by Gasteiger charge is 2.22. The average Bonchev–Trinajstić information content (AvgIpc) is 2.54. The number of aliphatic hydroxyl groups excluding tert-OH is 1. The minimum atomic E-state index is -0.413. The molecule has 1 saturated heterocycles. The molecule has 1 fully saturated rings. The summed E-state index contributed by atoms with van der Waals surface area (Å²) in [5, 5.41) is 13.5. The number of piperidine rings is 1. The monoisotopic (exact) mass is 338 g/mol. The van der Waals surface area contributed by atoms with Gasteiger partial charge in [0.2, 0.25) is 0 Å². The molecule has 4 nitrogen and oxygen atoms in total. The van der Waals surface area contributed by atoms with Gasteiger partial charge in [-0.3, -0.25) is 0 Å². The zero-order valence-electron chi connectivity index (χ0n) is 15.3. The van der Waals surface area contributed by atoms with Gasteiger partial charge >= 0.3 is 0 Å². The van der Waals surface area contributed by atoms with Gasteiger partial charge in [0.25, 0.3) is 0 Å². The second-order valence-electron chi connectivity index (χ2n) is 7.04. The molecule has 2 atom stereocenters. The Bertz CT molecular complexity index is 507. The highest BCUT2D eigenvalue weighted by molar-refractivity contribution is 5.32. The summed E-state index contributed by atoms with van der Waals surface area (Å²) in [6.45, 7) is 8.80. The summed E-state index contributed by atoms with van der Waals surface area (Å²) in [4.78, 5) is 2.29. The highest BCUT2D eigenvalue weighted by Crippen LogP contribution is 2.22. The van der Waals surface area contributed by atoms with Crippen LogP contribution in [0.5, 0.6) is 0 Å². The quantitative estimate of drug-likeness (QED) is 0.802. The maximum absolute atomic E-state index is 13.8. The number of likely N-dealkylation sites (tertiary alicyclic amines) is 1. The largest absolute Gasteiger partial charge is 0.389 e. The number of hydrogen-bond acceptors (Lipinski definition) is 4. The van der Waals surface area contributed by atoms with Gasteiger partial charge in [0.15, 0.2) is 0 Å². The summed E-state index contributed by atoms with van der Waals surface area (Å²) >= 11 is 0. The van der Waals surface area contributed by atoms with Crippen molar-refractivity contribution in [1.82, 2.24) is 10.2 Å². The van der Waals surface area contributed by atoms with E-state index in [1.54, 1.807) is 7.11 Å². The Kier molecular flexibility index (Phi) is 7.16. The fraction of sp³-hybridized carbons (Fsp3) is 0.684. The molecule has 0 radical (unpaired) electrons. The molecule has 0 saturated carbocycles. The number of aliphatic hydroxyl groups is 1. The fourth-order valence-corrected chi connectivity index (χ4v) is 3.50. The minimum Gasteiger partial charge on any atom is -0.389 e. The molecule has 24 heavy (non-hydrogen) atoms. The van der Waals surface area contributed by atoms with Crippen molar-refractivity contribution in [2.75, 3.05) is 33.4 Å². The zero-order valence-corrected chi connectivity index (χ0v) is 15.3. The first kappa shape index (κ1) is 19.3. The van der Waals surface area contributed by atoms with Crippen LogP contribution >= 0.6 is 0 Å². The first-order valence-electron chi connectivity index (χ1n) is 8.82. The van der Waals surface area contributed by atoms with Crippen LogP contribution in [0, 0.1) is 19.7 Å². The van der Waals surface area contributed by atoms with Crippen molar-refractivity contribution in [3.63, 3.8) is 0 Å². The topological polar surface area (TPSA) is 44.7 Å². The van der Waals surface area contributed by atoms with Crippen molar-refractivity contribution in [1.29, 1.82) is 0 Å². The van der Waals surface area contributed by atoms with Crippen LogP contribution in [0.1, 0.15) is 42.5 Å². The van der Waals surface area contributed by atoms with Crippen molar-refractivity contribution in [2.24, 2.45) is 0 Å². The fourth-order valence-electron chi connectivity index (χ4n) is 3.50. The smallest absolute Gasteiger partial charge is 0.129 e. The van der Waals surface area contributed by atoms with Crippen LogP contribution in [0.3, 0.4) is 0 Å². The van der Waals surface area contributed by atoms with Gasteiger partial charge in [-0.2, -0.15) is 0 Å². The third kappa shape index (κ3) is 5.24. The van der Waals surface area contributed by atoms with Crippen molar-refractivity contribution < 1.29 is 14.2 Å². The lowest BCUT2D eigenvalue weighted by atomic mass is 9.98. The molecule has 2 N–H and O–H groups in total. The number of benzene rings is 1. The normalized spacial score (nSPS) is 19.4. The lowest BCUT2D eigenvalue weighted by Crippen LogP contribution is -2.46. The molecular formula is C19H31FN2O2. The molecule has 1 aliphatic rings. The van der Waals surface area contributed by atoms with Crippen LogP contribution in [0.4, 0.5) is 4.39 Å². The zero-order chi connectivity index (χ0) is 17.7. The summed E-state index contributed by atoms with van der Waals surface area (Å²) in [6.07, 6.45) is 1.70. The molecule has 1 aromatic rings. The van der Waals surface area contributed by atoms with Crippen LogP contribution in [-0.4, -0.2) is 55.5 Å². The van der Waals surface area contributed by atoms with Crippen LogP contribution in [0.25, 0.3) is 0 Å². The lowest BCUT2D eigenvalue weighted by Gasteiger charge is -2.35. The van der Waals surface area contributed by atoms with Crippen molar-refractivity contribution in [3.05, 3.63) is 34.6 Å². The lowest BCUT2D eigenvalue weighted by molar-refractivity contribution is 0.0308. The van der Waals surface area contributed by atoms with Gasteiger partial charge in [-0.1, -0.05) is 12.1 Å². The highest BCUT2D eigenvalue weighted by atomic mass is 19.1. The van der Waals surface area contributed by atoms with E-state index >= 15 is 0 Å². The van der Waals surface area contributed by atoms with Crippen LogP contribution < -0.4 is 5.32 Å². The van der Waals surface area contributed by atoms with Gasteiger partial charge in [0.1, 0.15) is 5.82 Å². The maximum atomic E-state index is 13.8. The van der Waals surface area contributed by atoms with E-state index in [9.17, 15) is 9.50 Å². The van der Waals surface area contributed by atoms with Crippen molar-refractivity contribution in [3.8, 4) is 0 Å². The van der Waals surface area contributed by atoms with E-state index in [4.69, 9.17) is 4.74 Å². The standard InChI is InChI=1S/C19H31FN2O2/c1-13-9-16(10-14(2)19(13)20)15(3)21-17-5-7-22(8-6-17)11-18(23)12-24-4/h9-10,15,17-18,21,23H,5-8,11-12H2,1-4H3. The number of nitrogens with one attached hydrogen (secondary N) is 1. The second-order valence-corrected chi connectivity index (χ2v) is 7.04. The Labute approximate surface area is 145 Å². The van der Waals surface area contributed by atoms with Gasteiger partial charge < -0.3 is 20.1 Å². The molecule has 2 unspecified atom stereocenters. The molecule has 5 heteroatoms. The predicted octanol–water partition coefficient (Wildman–Crippen LogP) is 2.56. The number of aryl methyl sites for hydroxylation is 2. The van der Waals surface area contributed by atoms with Crippen molar-refractivity contribution in [2.45, 2.75) is 51.8 Å². The second kappa shape index (κ2) is 8.90. The summed E-state index contributed by atoms with van der Waals surface area (Å²) in [7, 11) is 1.61. The molecule has 1 aromatic carbocycles. The molecule has 1 heterocycles. The van der Waals surface area contributed by atoms with Crippen LogP contribution in [0.2, 0.25) is 0 Å². The number of β-amino-alcohol motifs (C(OH)–C–C–N with tert-alkyl or cyclic N) is 1. The summed E-state index contributed by atoms with van der Waals surface area (Å²) < 4.78 is 18.8. The Morgan fingerprint density at radius 2 is 1.88 bits per heavy atom. The first-order chi connectivity index (χ1) is 11.4. The van der Waals surface area contributed by atoms with Gasteiger partial charge in [-0.05, 0) is 63.4 Å². The Morgan fingerprint density at radius 3 is 2.42 bits per heavy atom. The SMILES string of the molecule is COCC(O)CN1CCC(NC(C)c2cc(C)c(F)c(C)c2)CC1. The van der Waals surface area contributed by atoms with Crippen LogP contribution in [-0.2, 0) is 4.74 Å². The molecular weight excluding hydrogens is 307 g/mol. The third-order valence-electron chi connectivity index (χ3n) is 4.86. The number of halogens is 1. The van der Waals surface area contributed by atoms with E-state index in [-0.39, 0.29) is 11.9 Å². The predicted molar refractivity (Wildman–Crippen MR) is 94.8 cm³/mol. The van der Waals surface area contributed by atoms with E-state index in [2.05, 4.69) is 17.1 Å². The molecule has 2 rings (SSSR count). The first-order valence-corrected chi connectivity index (χ1v) is 8.82. The van der Waals surface area contributed by atoms with Gasteiger partial charge in [0.05, 0.1) is 12.7 Å². The van der Waals surface area contributed by atoms with E-state index in [0.29, 0.717) is 30.3 Å². The number of methoxy groups -OCH3 is 1. The number of ether oxygens (including phenoxy) is 1. The van der Waals surface area contributed by atoms with Gasteiger partial charge in [-0.25, -0.2) is 4.39 Å². The molecule has 1 aliphatic heterocycles. The molecule has 0 bridgehead atoms.